The van der Waals surface area contributed by atoms with E-state index >= 15 is 0 Å². The highest BCUT2D eigenvalue weighted by Gasteiger charge is 2.28. The fourth-order valence-electron chi connectivity index (χ4n) is 4.35. The number of rotatable bonds is 8. The number of hydrogen-bond donors (Lipinski definition) is 5. The topological polar surface area (TPSA) is 93.6 Å². The van der Waals surface area contributed by atoms with Crippen molar-refractivity contribution in [3.8, 4) is 0 Å². The van der Waals surface area contributed by atoms with E-state index in [0.29, 0.717) is 5.56 Å². The molecule has 6 nitrogen and oxygen atoms in total. The minimum atomic E-state index is -0.989. The molecule has 0 aromatic heterocycles. The first kappa shape index (κ1) is 26.1. The number of aliphatic hydroxyl groups is 2. The van der Waals surface area contributed by atoms with Crippen LogP contribution < -0.4 is 16.0 Å². The Morgan fingerprint density at radius 1 is 1.15 bits per heavy atom. The number of carbonyl (C=O) groups excluding carboxylic acids is 1. The van der Waals surface area contributed by atoms with Gasteiger partial charge in [0.15, 0.2) is 0 Å². The first-order valence-electron chi connectivity index (χ1n) is 11.6. The van der Waals surface area contributed by atoms with Gasteiger partial charge >= 0.3 is 0 Å². The van der Waals surface area contributed by atoms with E-state index in [0.717, 1.165) is 35.8 Å². The molecule has 2 aromatic carbocycles. The lowest BCUT2D eigenvalue weighted by Gasteiger charge is -2.32. The number of benzene rings is 2. The lowest BCUT2D eigenvalue weighted by atomic mass is 9.83. The largest absolute Gasteiger partial charge is 0.390 e. The summed E-state index contributed by atoms with van der Waals surface area (Å²) in [5, 5.41) is 31.0. The van der Waals surface area contributed by atoms with Crippen LogP contribution in [0.3, 0.4) is 0 Å². The maximum atomic E-state index is 13.6. The van der Waals surface area contributed by atoms with Crippen LogP contribution in [-0.4, -0.2) is 41.4 Å². The molecule has 0 aliphatic carbocycles. The molecular weight excluding hydrogens is 440 g/mol. The van der Waals surface area contributed by atoms with Crippen molar-refractivity contribution in [1.29, 1.82) is 0 Å². The van der Waals surface area contributed by atoms with Crippen LogP contribution in [0.5, 0.6) is 0 Å². The molecule has 1 aliphatic heterocycles. The third kappa shape index (κ3) is 6.74. The molecule has 5 N–H and O–H groups in total. The van der Waals surface area contributed by atoms with E-state index in [1.165, 1.54) is 19.1 Å². The second-order valence-electron chi connectivity index (χ2n) is 10.1. The number of hydrogen-bond acceptors (Lipinski definition) is 5. The molecule has 0 radical (unpaired) electrons. The summed E-state index contributed by atoms with van der Waals surface area (Å²) in [6, 6.07) is 8.26. The summed E-state index contributed by atoms with van der Waals surface area (Å²) in [4.78, 5) is 11.7. The zero-order chi connectivity index (χ0) is 25.0. The Bertz CT molecular complexity index is 989. The van der Waals surface area contributed by atoms with Gasteiger partial charge in [-0.05, 0) is 59.2 Å². The summed E-state index contributed by atoms with van der Waals surface area (Å²) in [6.45, 7) is 8.19. The molecule has 0 bridgehead atoms. The predicted octanol–water partition coefficient (Wildman–Crippen LogP) is 3.60. The van der Waals surface area contributed by atoms with E-state index < -0.39 is 29.9 Å². The average Bonchev–Trinajstić information content (AvgIpc) is 2.74. The van der Waals surface area contributed by atoms with Gasteiger partial charge in [0, 0.05) is 37.8 Å². The van der Waals surface area contributed by atoms with Gasteiger partial charge in [0.2, 0.25) is 5.91 Å². The van der Waals surface area contributed by atoms with Crippen molar-refractivity contribution in [2.45, 2.75) is 64.8 Å². The van der Waals surface area contributed by atoms with Gasteiger partial charge in [-0.25, -0.2) is 8.78 Å². The molecule has 186 valence electrons. The van der Waals surface area contributed by atoms with Crippen LogP contribution in [0.25, 0.3) is 0 Å². The summed E-state index contributed by atoms with van der Waals surface area (Å²) in [7, 11) is 0. The van der Waals surface area contributed by atoms with Crippen molar-refractivity contribution in [3.05, 3.63) is 64.7 Å². The number of halogens is 2. The predicted molar refractivity (Wildman–Crippen MR) is 128 cm³/mol. The quantitative estimate of drug-likeness (QED) is 0.402. The highest BCUT2D eigenvalue weighted by atomic mass is 19.1. The molecule has 2 aromatic rings. The van der Waals surface area contributed by atoms with Gasteiger partial charge in [-0.2, -0.15) is 0 Å². The number of carbonyl (C=O) groups is 1. The Labute approximate surface area is 199 Å². The normalized spacial score (nSPS) is 18.4. The number of aliphatic hydroxyl groups excluding tert-OH is 2. The second-order valence-corrected chi connectivity index (χ2v) is 10.1. The van der Waals surface area contributed by atoms with Gasteiger partial charge in [-0.15, -0.1) is 0 Å². The third-order valence-corrected chi connectivity index (χ3v) is 6.14. The van der Waals surface area contributed by atoms with Crippen LogP contribution in [0, 0.1) is 17.0 Å². The van der Waals surface area contributed by atoms with E-state index in [1.54, 1.807) is 0 Å². The maximum absolute atomic E-state index is 13.6. The fourth-order valence-corrected chi connectivity index (χ4v) is 4.35. The first-order valence-corrected chi connectivity index (χ1v) is 11.6. The minimum Gasteiger partial charge on any atom is -0.390 e. The van der Waals surface area contributed by atoms with Crippen molar-refractivity contribution in [3.63, 3.8) is 0 Å². The molecular formula is C26H35F2N3O3. The first-order chi connectivity index (χ1) is 15.9. The Hall–Kier alpha value is -2.55. The summed E-state index contributed by atoms with van der Waals surface area (Å²) in [6.07, 6.45) is -0.755. The van der Waals surface area contributed by atoms with Gasteiger partial charge in [-0.1, -0.05) is 26.8 Å². The van der Waals surface area contributed by atoms with Gasteiger partial charge in [0.05, 0.1) is 18.2 Å². The summed E-state index contributed by atoms with van der Waals surface area (Å²) < 4.78 is 27.2. The molecule has 1 amide bonds. The Morgan fingerprint density at radius 3 is 2.44 bits per heavy atom. The summed E-state index contributed by atoms with van der Waals surface area (Å²) >= 11 is 0. The van der Waals surface area contributed by atoms with Crippen LogP contribution >= 0.6 is 0 Å². The lowest BCUT2D eigenvalue weighted by molar-refractivity contribution is -0.120. The number of nitrogens with one attached hydrogen (secondary N) is 3. The molecule has 0 fully saturated rings. The van der Waals surface area contributed by atoms with Gasteiger partial charge in [0.1, 0.15) is 11.6 Å². The molecule has 4 atom stereocenters. The van der Waals surface area contributed by atoms with E-state index in [-0.39, 0.29) is 30.3 Å². The molecule has 0 saturated heterocycles. The Kier molecular flexibility index (Phi) is 8.28. The highest BCUT2D eigenvalue weighted by molar-refractivity contribution is 5.73. The van der Waals surface area contributed by atoms with Crippen LogP contribution in [-0.2, 0) is 11.2 Å². The van der Waals surface area contributed by atoms with Gasteiger partial charge < -0.3 is 26.2 Å². The van der Waals surface area contributed by atoms with Crippen LogP contribution in [0.1, 0.15) is 63.0 Å². The third-order valence-electron chi connectivity index (χ3n) is 6.14. The standard InChI is InChI=1S/C26H35F2N3O3/c1-15(32)31-23(11-16-9-18(27)13-19(28)10-16)24(33)14-30-22-7-8-29-21-6-5-17(12-20(21)22)25(34)26(2,3)4/h5-6,9-10,12-13,22-25,29-30,33-34H,7-8,11,14H2,1-4H3,(H,31,32)/t22?,23-,24+,25?/m0/s1. The van der Waals surface area contributed by atoms with Crippen molar-refractivity contribution in [2.75, 3.05) is 18.4 Å². The van der Waals surface area contributed by atoms with Crippen molar-refractivity contribution in [1.82, 2.24) is 10.6 Å². The summed E-state index contributed by atoms with van der Waals surface area (Å²) in [5.74, 6) is -1.75. The SMILES string of the molecule is CC(=O)N[C@@H](Cc1cc(F)cc(F)c1)[C@H](O)CNC1CCNc2ccc(C(O)C(C)(C)C)cc21. The second kappa shape index (κ2) is 10.8. The maximum Gasteiger partial charge on any atom is 0.217 e. The molecule has 1 aliphatic rings. The monoisotopic (exact) mass is 475 g/mol. The van der Waals surface area contributed by atoms with Crippen molar-refractivity contribution >= 4 is 11.6 Å². The Balaban J connectivity index is 1.73. The molecule has 34 heavy (non-hydrogen) atoms. The zero-order valence-electron chi connectivity index (χ0n) is 20.2. The highest BCUT2D eigenvalue weighted by Crippen LogP contribution is 2.37. The van der Waals surface area contributed by atoms with Gasteiger partial charge in [-0.3, -0.25) is 4.79 Å². The number of fused-ring (bicyclic) bond motifs is 1. The molecule has 2 unspecified atom stereocenters. The average molecular weight is 476 g/mol. The van der Waals surface area contributed by atoms with Crippen molar-refractivity contribution < 1.29 is 23.8 Å². The zero-order valence-corrected chi connectivity index (χ0v) is 20.2. The molecule has 8 heteroatoms. The van der Waals surface area contributed by atoms with E-state index in [2.05, 4.69) is 16.0 Å². The molecule has 3 rings (SSSR count). The van der Waals surface area contributed by atoms with Crippen LogP contribution in [0.15, 0.2) is 36.4 Å². The van der Waals surface area contributed by atoms with Gasteiger partial charge in [0.25, 0.3) is 0 Å². The Morgan fingerprint density at radius 2 is 1.82 bits per heavy atom. The summed E-state index contributed by atoms with van der Waals surface area (Å²) in [5.41, 5.74) is 2.84. The molecule has 0 spiro atoms. The van der Waals surface area contributed by atoms with Crippen molar-refractivity contribution in [2.24, 2.45) is 5.41 Å². The van der Waals surface area contributed by atoms with E-state index in [4.69, 9.17) is 0 Å². The molecule has 0 saturated carbocycles. The van der Waals surface area contributed by atoms with Crippen LogP contribution in [0.2, 0.25) is 0 Å². The smallest absolute Gasteiger partial charge is 0.217 e. The van der Waals surface area contributed by atoms with E-state index in [9.17, 15) is 23.8 Å². The molecule has 1 heterocycles. The fraction of sp³-hybridized carbons (Fsp3) is 0.500. The minimum absolute atomic E-state index is 0.0670. The van der Waals surface area contributed by atoms with E-state index in [1.807, 2.05) is 39.0 Å². The lowest BCUT2D eigenvalue weighted by Crippen LogP contribution is -2.48. The number of amides is 1. The van der Waals surface area contributed by atoms with Crippen LogP contribution in [0.4, 0.5) is 14.5 Å². The number of anilines is 1.